The van der Waals surface area contributed by atoms with Gasteiger partial charge in [0.15, 0.2) is 11.6 Å². The van der Waals surface area contributed by atoms with Crippen molar-refractivity contribution in [1.29, 1.82) is 0 Å². The summed E-state index contributed by atoms with van der Waals surface area (Å²) in [4.78, 5) is 0. The van der Waals surface area contributed by atoms with Gasteiger partial charge in [0.2, 0.25) is 5.82 Å². The summed E-state index contributed by atoms with van der Waals surface area (Å²) >= 11 is 0. The molecule has 4 heteroatoms. The zero-order valence-electron chi connectivity index (χ0n) is 20.1. The van der Waals surface area contributed by atoms with E-state index in [4.69, 9.17) is 4.74 Å². The molecule has 3 aromatic rings. The minimum atomic E-state index is -0.975. The van der Waals surface area contributed by atoms with Crippen LogP contribution in [0, 0.1) is 23.4 Å². The van der Waals surface area contributed by atoms with Gasteiger partial charge < -0.3 is 4.74 Å². The summed E-state index contributed by atoms with van der Waals surface area (Å²) in [6.07, 6.45) is 9.61. The molecular formula is C31H31F3O. The molecule has 0 saturated heterocycles. The van der Waals surface area contributed by atoms with E-state index in [0.717, 1.165) is 55.2 Å². The van der Waals surface area contributed by atoms with Crippen LogP contribution >= 0.6 is 0 Å². The first kappa shape index (κ1) is 24.8. The summed E-state index contributed by atoms with van der Waals surface area (Å²) in [6.45, 7) is 6.28. The van der Waals surface area contributed by atoms with Crippen molar-refractivity contribution in [2.24, 2.45) is 5.92 Å². The number of halogens is 3. The van der Waals surface area contributed by atoms with Gasteiger partial charge in [0, 0.05) is 11.1 Å². The van der Waals surface area contributed by atoms with Gasteiger partial charge in [-0.2, -0.15) is 4.39 Å². The van der Waals surface area contributed by atoms with E-state index in [1.54, 1.807) is 24.3 Å². The number of allylic oxidation sites excluding steroid dienone is 3. The Morgan fingerprint density at radius 3 is 2.26 bits per heavy atom. The largest absolute Gasteiger partial charge is 0.490 e. The molecule has 1 unspecified atom stereocenters. The van der Waals surface area contributed by atoms with Crippen LogP contribution in [0.3, 0.4) is 0 Å². The maximum Gasteiger partial charge on any atom is 0.201 e. The molecule has 1 atom stereocenters. The van der Waals surface area contributed by atoms with Crippen molar-refractivity contribution in [1.82, 2.24) is 0 Å². The van der Waals surface area contributed by atoms with Crippen LogP contribution in [0.1, 0.15) is 51.0 Å². The van der Waals surface area contributed by atoms with E-state index in [-0.39, 0.29) is 17.1 Å². The smallest absolute Gasteiger partial charge is 0.201 e. The molecule has 0 saturated carbocycles. The van der Waals surface area contributed by atoms with Crippen LogP contribution in [0.4, 0.5) is 13.2 Å². The fraction of sp³-hybridized carbons (Fsp3) is 0.290. The number of benzene rings is 3. The molecule has 0 amide bonds. The fourth-order valence-corrected chi connectivity index (χ4v) is 4.51. The van der Waals surface area contributed by atoms with Gasteiger partial charge >= 0.3 is 0 Å². The average Bonchev–Trinajstić information content (AvgIpc) is 2.89. The van der Waals surface area contributed by atoms with Crippen LogP contribution in [-0.4, -0.2) is 6.61 Å². The Morgan fingerprint density at radius 1 is 0.886 bits per heavy atom. The van der Waals surface area contributed by atoms with E-state index in [9.17, 15) is 13.2 Å². The van der Waals surface area contributed by atoms with Crippen LogP contribution in [0.25, 0.3) is 27.8 Å². The Morgan fingerprint density at radius 2 is 1.60 bits per heavy atom. The second-order valence-corrected chi connectivity index (χ2v) is 9.07. The van der Waals surface area contributed by atoms with Crippen LogP contribution in [-0.2, 0) is 0 Å². The first-order chi connectivity index (χ1) is 17.0. The predicted molar refractivity (Wildman–Crippen MR) is 138 cm³/mol. The lowest BCUT2D eigenvalue weighted by Gasteiger charge is -2.19. The zero-order valence-corrected chi connectivity index (χ0v) is 20.1. The molecule has 35 heavy (non-hydrogen) atoms. The lowest BCUT2D eigenvalue weighted by Crippen LogP contribution is -2.03. The molecule has 0 spiro atoms. The van der Waals surface area contributed by atoms with Gasteiger partial charge in [0.25, 0.3) is 0 Å². The van der Waals surface area contributed by atoms with Gasteiger partial charge in [-0.15, -0.1) is 6.58 Å². The number of hydrogen-bond acceptors (Lipinski definition) is 1. The molecule has 4 rings (SSSR count). The van der Waals surface area contributed by atoms with E-state index in [0.29, 0.717) is 23.7 Å². The van der Waals surface area contributed by atoms with E-state index in [2.05, 4.69) is 19.6 Å². The van der Waals surface area contributed by atoms with E-state index >= 15 is 0 Å². The first-order valence-corrected chi connectivity index (χ1v) is 12.3. The van der Waals surface area contributed by atoms with Crippen LogP contribution in [0.15, 0.2) is 73.3 Å². The van der Waals surface area contributed by atoms with Crippen molar-refractivity contribution in [2.75, 3.05) is 6.61 Å². The molecule has 1 aliphatic carbocycles. The van der Waals surface area contributed by atoms with Crippen molar-refractivity contribution < 1.29 is 17.9 Å². The van der Waals surface area contributed by atoms with Crippen molar-refractivity contribution >= 4 is 5.57 Å². The Hall–Kier alpha value is -3.27. The van der Waals surface area contributed by atoms with Gasteiger partial charge in [-0.05, 0) is 72.1 Å². The SMILES string of the molecule is C=CC1CC=C(c2ccc(-c3ccc(-c4ccc(OCCCCC)c(F)c4F)cc3)cc2F)CC1. The van der Waals surface area contributed by atoms with Gasteiger partial charge in [-0.25, -0.2) is 8.78 Å². The lowest BCUT2D eigenvalue weighted by atomic mass is 9.86. The second kappa shape index (κ2) is 11.4. The number of unbranched alkanes of at least 4 members (excludes halogenated alkanes) is 2. The average molecular weight is 477 g/mol. The molecule has 3 aromatic carbocycles. The highest BCUT2D eigenvalue weighted by Crippen LogP contribution is 2.35. The van der Waals surface area contributed by atoms with Crippen molar-refractivity contribution in [2.45, 2.75) is 45.4 Å². The fourth-order valence-electron chi connectivity index (χ4n) is 4.51. The van der Waals surface area contributed by atoms with E-state index in [1.807, 2.05) is 18.2 Å². The summed E-state index contributed by atoms with van der Waals surface area (Å²) in [5.41, 5.74) is 3.93. The standard InChI is InChI=1S/C31H31F3O/c1-3-5-6-19-35-29-18-17-27(30(33)31(29)34)24-13-11-22(12-14-24)25-15-16-26(28(32)20-25)23-9-7-21(4-2)8-10-23/h4,9,11-18,20-21H,2-3,5-8,10,19H2,1H3. The Bertz CT molecular complexity index is 1210. The third kappa shape index (κ3) is 5.70. The normalized spacial score (nSPS) is 15.5. The highest BCUT2D eigenvalue weighted by molar-refractivity contribution is 5.74. The molecule has 0 aromatic heterocycles. The molecule has 0 N–H and O–H groups in total. The molecule has 0 radical (unpaired) electrons. The Kier molecular flexibility index (Phi) is 8.12. The molecule has 182 valence electrons. The van der Waals surface area contributed by atoms with Crippen molar-refractivity contribution in [3.63, 3.8) is 0 Å². The van der Waals surface area contributed by atoms with Crippen LogP contribution in [0.2, 0.25) is 0 Å². The topological polar surface area (TPSA) is 9.23 Å². The third-order valence-electron chi connectivity index (χ3n) is 6.68. The Labute approximate surface area is 206 Å². The minimum Gasteiger partial charge on any atom is -0.490 e. The summed E-state index contributed by atoms with van der Waals surface area (Å²) in [5.74, 6) is -1.76. The van der Waals surface area contributed by atoms with Gasteiger partial charge in [-0.3, -0.25) is 0 Å². The molecule has 1 nitrogen and oxygen atoms in total. The summed E-state index contributed by atoms with van der Waals surface area (Å²) in [5, 5.41) is 0. The van der Waals surface area contributed by atoms with Crippen LogP contribution in [0.5, 0.6) is 5.75 Å². The highest BCUT2D eigenvalue weighted by Gasteiger charge is 2.17. The molecule has 0 bridgehead atoms. The van der Waals surface area contributed by atoms with Gasteiger partial charge in [0.1, 0.15) is 5.82 Å². The molecule has 0 fully saturated rings. The highest BCUT2D eigenvalue weighted by atomic mass is 19.2. The van der Waals surface area contributed by atoms with Crippen molar-refractivity contribution in [3.05, 3.63) is 96.3 Å². The first-order valence-electron chi connectivity index (χ1n) is 12.3. The number of hydrogen-bond donors (Lipinski definition) is 0. The zero-order chi connectivity index (χ0) is 24.8. The lowest BCUT2D eigenvalue weighted by molar-refractivity contribution is 0.286. The van der Waals surface area contributed by atoms with Gasteiger partial charge in [-0.1, -0.05) is 68.3 Å². The van der Waals surface area contributed by atoms with Crippen molar-refractivity contribution in [3.8, 4) is 28.0 Å². The van der Waals surface area contributed by atoms with Crippen LogP contribution < -0.4 is 4.74 Å². The number of ether oxygens (including phenoxy) is 1. The van der Waals surface area contributed by atoms with E-state index in [1.165, 1.54) is 18.2 Å². The summed E-state index contributed by atoms with van der Waals surface area (Å²) < 4.78 is 49.6. The maximum absolute atomic E-state index is 14.9. The predicted octanol–water partition coefficient (Wildman–Crippen LogP) is 9.38. The second-order valence-electron chi connectivity index (χ2n) is 9.07. The quantitative estimate of drug-likeness (QED) is 0.221. The molecular weight excluding hydrogens is 445 g/mol. The summed E-state index contributed by atoms with van der Waals surface area (Å²) in [7, 11) is 0. The molecule has 0 aliphatic heterocycles. The summed E-state index contributed by atoms with van der Waals surface area (Å²) in [6, 6.07) is 15.3. The maximum atomic E-state index is 14.9. The molecule has 0 heterocycles. The van der Waals surface area contributed by atoms with Gasteiger partial charge in [0.05, 0.1) is 6.61 Å². The van der Waals surface area contributed by atoms with E-state index < -0.39 is 11.6 Å². The monoisotopic (exact) mass is 476 g/mol. The Balaban J connectivity index is 1.50. The minimum absolute atomic E-state index is 0.0670. The molecule has 1 aliphatic rings. The number of rotatable bonds is 9. The third-order valence-corrected chi connectivity index (χ3v) is 6.68.